The number of hydrogen-bond donors (Lipinski definition) is 2. The predicted molar refractivity (Wildman–Crippen MR) is 97.1 cm³/mol. The normalized spacial score (nSPS) is 16.7. The van der Waals surface area contributed by atoms with Gasteiger partial charge in [-0.25, -0.2) is 13.4 Å². The van der Waals surface area contributed by atoms with Gasteiger partial charge >= 0.3 is 0 Å². The molecule has 0 bridgehead atoms. The Labute approximate surface area is 151 Å². The number of nitrogens with one attached hydrogen (secondary N) is 1. The van der Waals surface area contributed by atoms with Crippen LogP contribution in [0, 0.1) is 0 Å². The number of aliphatic hydroxyl groups is 1. The van der Waals surface area contributed by atoms with Crippen LogP contribution in [-0.4, -0.2) is 56.7 Å². The number of sulfone groups is 1. The van der Waals surface area contributed by atoms with E-state index in [0.29, 0.717) is 25.3 Å². The topological polar surface area (TPSA) is 104 Å². The lowest BCUT2D eigenvalue weighted by Gasteiger charge is -2.26. The molecule has 138 valence electrons. The Hall–Kier alpha value is -2.23. The van der Waals surface area contributed by atoms with Crippen molar-refractivity contribution in [1.82, 2.24) is 24.6 Å². The van der Waals surface area contributed by atoms with E-state index in [9.17, 15) is 13.5 Å². The number of fused-ring (bicyclic) bond motifs is 2. The number of aromatic amines is 1. The Morgan fingerprint density at radius 2 is 2.12 bits per heavy atom. The molecule has 1 aliphatic rings. The quantitative estimate of drug-likeness (QED) is 0.685. The smallest absolute Gasteiger partial charge is 0.150 e. The maximum absolute atomic E-state index is 11.4. The summed E-state index contributed by atoms with van der Waals surface area (Å²) in [6.07, 6.45) is 0.0216. The first-order valence-electron chi connectivity index (χ1n) is 8.46. The van der Waals surface area contributed by atoms with Gasteiger partial charge in [0.05, 0.1) is 41.3 Å². The molecule has 0 amide bonds. The summed E-state index contributed by atoms with van der Waals surface area (Å²) < 4.78 is 24.6. The summed E-state index contributed by atoms with van der Waals surface area (Å²) >= 11 is 0. The summed E-state index contributed by atoms with van der Waals surface area (Å²) in [5.41, 5.74) is 3.36. The predicted octanol–water partition coefficient (Wildman–Crippen LogP) is 0.853. The van der Waals surface area contributed by atoms with E-state index in [2.05, 4.69) is 20.0 Å². The molecule has 1 aromatic carbocycles. The first-order chi connectivity index (χ1) is 12.4. The molecule has 0 radical (unpaired) electrons. The molecule has 2 aromatic heterocycles. The van der Waals surface area contributed by atoms with E-state index in [1.54, 1.807) is 6.07 Å². The molecule has 0 aliphatic carbocycles. The molecular weight excluding hydrogens is 354 g/mol. The zero-order chi connectivity index (χ0) is 18.3. The van der Waals surface area contributed by atoms with Crippen LogP contribution in [0.4, 0.5) is 0 Å². The molecule has 9 heteroatoms. The van der Waals surface area contributed by atoms with Crippen LogP contribution in [0.5, 0.6) is 0 Å². The number of imidazole rings is 1. The zero-order valence-electron chi connectivity index (χ0n) is 14.5. The number of nitrogens with zero attached hydrogens (tertiary/aromatic N) is 4. The molecule has 3 aromatic rings. The second-order valence-corrected chi connectivity index (χ2v) is 8.99. The van der Waals surface area contributed by atoms with Crippen molar-refractivity contribution < 1.29 is 13.5 Å². The lowest BCUT2D eigenvalue weighted by atomic mass is 10.2. The first-order valence-corrected chi connectivity index (χ1v) is 10.5. The molecule has 1 aliphatic heterocycles. The van der Waals surface area contributed by atoms with Gasteiger partial charge in [0.15, 0.2) is 0 Å². The SMILES string of the molecule is CS(=O)(=O)CC(O)c1cc2n(n1)CCN(Cc1nc3ccccc3[nH]1)C2. The highest BCUT2D eigenvalue weighted by Crippen LogP contribution is 2.20. The van der Waals surface area contributed by atoms with Crippen molar-refractivity contribution in [3.63, 3.8) is 0 Å². The van der Waals surface area contributed by atoms with E-state index in [-0.39, 0.29) is 5.75 Å². The third-order valence-electron chi connectivity index (χ3n) is 4.51. The third kappa shape index (κ3) is 3.64. The Balaban J connectivity index is 1.47. The van der Waals surface area contributed by atoms with Crippen molar-refractivity contribution in [3.05, 3.63) is 47.5 Å². The average Bonchev–Trinajstić information content (AvgIpc) is 3.15. The van der Waals surface area contributed by atoms with Crippen molar-refractivity contribution in [3.8, 4) is 0 Å². The minimum atomic E-state index is -3.26. The zero-order valence-corrected chi connectivity index (χ0v) is 15.3. The molecular formula is C17H21N5O3S. The second kappa shape index (κ2) is 6.49. The highest BCUT2D eigenvalue weighted by atomic mass is 32.2. The number of para-hydroxylation sites is 2. The maximum Gasteiger partial charge on any atom is 0.150 e. The minimum Gasteiger partial charge on any atom is -0.386 e. The molecule has 0 saturated heterocycles. The third-order valence-corrected chi connectivity index (χ3v) is 5.43. The van der Waals surface area contributed by atoms with Gasteiger partial charge in [0.2, 0.25) is 0 Å². The van der Waals surface area contributed by atoms with Crippen LogP contribution in [0.2, 0.25) is 0 Å². The Morgan fingerprint density at radius 1 is 1.31 bits per heavy atom. The van der Waals surface area contributed by atoms with Gasteiger partial charge < -0.3 is 10.1 Å². The first kappa shape index (κ1) is 17.2. The summed E-state index contributed by atoms with van der Waals surface area (Å²) in [6.45, 7) is 2.88. The van der Waals surface area contributed by atoms with E-state index >= 15 is 0 Å². The van der Waals surface area contributed by atoms with Crippen LogP contribution in [0.1, 0.15) is 23.3 Å². The summed E-state index contributed by atoms with van der Waals surface area (Å²) in [6, 6.07) is 9.73. The molecule has 26 heavy (non-hydrogen) atoms. The van der Waals surface area contributed by atoms with Gasteiger partial charge in [0.25, 0.3) is 0 Å². The van der Waals surface area contributed by atoms with Gasteiger partial charge in [-0.3, -0.25) is 9.58 Å². The van der Waals surface area contributed by atoms with E-state index in [1.807, 2.05) is 28.9 Å². The van der Waals surface area contributed by atoms with Gasteiger partial charge in [-0.05, 0) is 18.2 Å². The van der Waals surface area contributed by atoms with Crippen LogP contribution >= 0.6 is 0 Å². The standard InChI is InChI=1S/C17H21N5O3S/c1-26(24,25)11-16(23)15-8-12-9-21(6-7-22(12)20-15)10-17-18-13-4-2-3-5-14(13)19-17/h2-5,8,16,23H,6-7,9-11H2,1H3,(H,18,19). The van der Waals surface area contributed by atoms with Crippen LogP contribution in [0.3, 0.4) is 0 Å². The van der Waals surface area contributed by atoms with Crippen molar-refractivity contribution in [1.29, 1.82) is 0 Å². The van der Waals surface area contributed by atoms with E-state index in [4.69, 9.17) is 0 Å². The number of benzene rings is 1. The maximum atomic E-state index is 11.4. The molecule has 0 spiro atoms. The molecule has 4 rings (SSSR count). The highest BCUT2D eigenvalue weighted by molar-refractivity contribution is 7.90. The molecule has 1 unspecified atom stereocenters. The van der Waals surface area contributed by atoms with Crippen molar-refractivity contribution in [2.24, 2.45) is 0 Å². The average molecular weight is 375 g/mol. The lowest BCUT2D eigenvalue weighted by molar-refractivity contribution is 0.190. The minimum absolute atomic E-state index is 0.313. The fourth-order valence-corrected chi connectivity index (χ4v) is 4.05. The van der Waals surface area contributed by atoms with Crippen LogP contribution in [0.15, 0.2) is 30.3 Å². The Kier molecular flexibility index (Phi) is 4.29. The van der Waals surface area contributed by atoms with Crippen LogP contribution in [-0.2, 0) is 29.5 Å². The number of rotatable bonds is 5. The van der Waals surface area contributed by atoms with E-state index < -0.39 is 15.9 Å². The van der Waals surface area contributed by atoms with Gasteiger partial charge in [-0.1, -0.05) is 12.1 Å². The van der Waals surface area contributed by atoms with Crippen molar-refractivity contribution in [2.45, 2.75) is 25.7 Å². The largest absolute Gasteiger partial charge is 0.386 e. The summed E-state index contributed by atoms with van der Waals surface area (Å²) in [5, 5.41) is 14.5. The van der Waals surface area contributed by atoms with Crippen LogP contribution in [0.25, 0.3) is 11.0 Å². The molecule has 0 saturated carbocycles. The highest BCUT2D eigenvalue weighted by Gasteiger charge is 2.23. The van der Waals surface area contributed by atoms with Crippen LogP contribution < -0.4 is 0 Å². The number of aromatic nitrogens is 4. The fraction of sp³-hybridized carbons (Fsp3) is 0.412. The molecule has 1 atom stereocenters. The summed E-state index contributed by atoms with van der Waals surface area (Å²) in [7, 11) is -3.26. The number of H-pyrrole nitrogens is 1. The molecule has 0 fully saturated rings. The van der Waals surface area contributed by atoms with Gasteiger partial charge in [-0.15, -0.1) is 0 Å². The molecule has 3 heterocycles. The molecule has 8 nitrogen and oxygen atoms in total. The van der Waals surface area contributed by atoms with Crippen molar-refractivity contribution >= 4 is 20.9 Å². The second-order valence-electron chi connectivity index (χ2n) is 6.80. The summed E-state index contributed by atoms with van der Waals surface area (Å²) in [4.78, 5) is 10.2. The van der Waals surface area contributed by atoms with E-state index in [1.165, 1.54) is 0 Å². The number of aliphatic hydroxyl groups excluding tert-OH is 1. The Morgan fingerprint density at radius 3 is 2.88 bits per heavy atom. The fourth-order valence-electron chi connectivity index (χ4n) is 3.31. The van der Waals surface area contributed by atoms with Gasteiger partial charge in [0.1, 0.15) is 21.8 Å². The monoisotopic (exact) mass is 375 g/mol. The number of hydrogen-bond acceptors (Lipinski definition) is 6. The van der Waals surface area contributed by atoms with E-state index in [0.717, 1.165) is 35.4 Å². The molecule has 2 N–H and O–H groups in total. The summed E-state index contributed by atoms with van der Waals surface area (Å²) in [5.74, 6) is 0.600. The Bertz CT molecular complexity index is 1010. The van der Waals surface area contributed by atoms with Crippen molar-refractivity contribution in [2.75, 3.05) is 18.6 Å². The van der Waals surface area contributed by atoms with Gasteiger partial charge in [0, 0.05) is 19.3 Å². The van der Waals surface area contributed by atoms with Gasteiger partial charge in [-0.2, -0.15) is 5.10 Å². The lowest BCUT2D eigenvalue weighted by Crippen LogP contribution is -2.33.